The van der Waals surface area contributed by atoms with Gasteiger partial charge >= 0.3 is 5.97 Å². The second kappa shape index (κ2) is 4.79. The van der Waals surface area contributed by atoms with Crippen LogP contribution in [0.3, 0.4) is 0 Å². The number of phenols is 1. The van der Waals surface area contributed by atoms with Gasteiger partial charge < -0.3 is 14.9 Å². The lowest BCUT2D eigenvalue weighted by Crippen LogP contribution is -2.03. The molecule has 1 aromatic heterocycles. The Bertz CT molecular complexity index is 541. The van der Waals surface area contributed by atoms with Crippen LogP contribution in [0, 0.1) is 0 Å². The first-order valence-electron chi connectivity index (χ1n) is 4.63. The summed E-state index contributed by atoms with van der Waals surface area (Å²) in [4.78, 5) is 10.8. The molecule has 0 aliphatic rings. The van der Waals surface area contributed by atoms with E-state index in [1.165, 1.54) is 12.1 Å². The van der Waals surface area contributed by atoms with Gasteiger partial charge in [0, 0.05) is 6.07 Å². The lowest BCUT2D eigenvalue weighted by atomic mass is 10.3. The van der Waals surface area contributed by atoms with Crippen LogP contribution in [0.4, 0.5) is 0 Å². The maximum atomic E-state index is 10.8. The van der Waals surface area contributed by atoms with Crippen LogP contribution in [0.1, 0.15) is 15.4 Å². The Balaban J connectivity index is 2.07. The molecule has 0 amide bonds. The number of hydrogen-bond donors (Lipinski definition) is 2. The molecule has 88 valence electrons. The molecule has 0 aliphatic heterocycles. The topological polar surface area (TPSA) is 92.5 Å². The first-order chi connectivity index (χ1) is 8.16. The van der Waals surface area contributed by atoms with Gasteiger partial charge in [-0.1, -0.05) is 10.6 Å². The van der Waals surface area contributed by atoms with E-state index in [4.69, 9.17) is 9.84 Å². The summed E-state index contributed by atoms with van der Waals surface area (Å²) in [6.07, 6.45) is 0. The maximum Gasteiger partial charge on any atom is 0.349 e. The molecule has 0 aliphatic carbocycles. The van der Waals surface area contributed by atoms with Crippen molar-refractivity contribution >= 4 is 17.5 Å². The highest BCUT2D eigenvalue weighted by Gasteiger charge is 2.15. The van der Waals surface area contributed by atoms with Crippen LogP contribution in [-0.4, -0.2) is 25.8 Å². The number of aromatic hydroxyl groups is 1. The summed E-state index contributed by atoms with van der Waals surface area (Å²) < 4.78 is 8.86. The van der Waals surface area contributed by atoms with Gasteiger partial charge in [-0.2, -0.15) is 0 Å². The monoisotopic (exact) mass is 252 g/mol. The van der Waals surface area contributed by atoms with Crippen LogP contribution in [0.25, 0.3) is 0 Å². The molecule has 0 spiro atoms. The fourth-order valence-corrected chi connectivity index (χ4v) is 1.69. The molecule has 0 atom stereocenters. The van der Waals surface area contributed by atoms with E-state index in [-0.39, 0.29) is 22.9 Å². The Hall–Kier alpha value is -2.15. The first-order valence-corrected chi connectivity index (χ1v) is 5.40. The predicted molar refractivity (Wildman–Crippen MR) is 59.3 cm³/mol. The summed E-state index contributed by atoms with van der Waals surface area (Å²) in [5.41, 5.74) is 0.269. The van der Waals surface area contributed by atoms with E-state index in [9.17, 15) is 9.90 Å². The fraction of sp³-hybridized carbons (Fsp3) is 0.100. The minimum Gasteiger partial charge on any atom is -0.508 e. The SMILES string of the molecule is O=C(O)c1snnc1COc1cccc(O)c1. The predicted octanol–water partition coefficient (Wildman–Crippen LogP) is 1.52. The molecule has 2 aromatic rings. The number of rotatable bonds is 4. The number of carboxylic acid groups (broad SMARTS) is 1. The molecule has 2 rings (SSSR count). The lowest BCUT2D eigenvalue weighted by Gasteiger charge is -2.04. The van der Waals surface area contributed by atoms with Crippen molar-refractivity contribution in [3.63, 3.8) is 0 Å². The van der Waals surface area contributed by atoms with Crippen LogP contribution < -0.4 is 4.74 Å². The second-order valence-corrected chi connectivity index (χ2v) is 3.89. The van der Waals surface area contributed by atoms with E-state index in [1.54, 1.807) is 12.1 Å². The van der Waals surface area contributed by atoms with Crippen molar-refractivity contribution in [1.29, 1.82) is 0 Å². The maximum absolute atomic E-state index is 10.8. The van der Waals surface area contributed by atoms with Gasteiger partial charge in [-0.05, 0) is 23.7 Å². The van der Waals surface area contributed by atoms with Crippen LogP contribution in [0.5, 0.6) is 11.5 Å². The minimum atomic E-state index is -1.07. The highest BCUT2D eigenvalue weighted by molar-refractivity contribution is 7.07. The second-order valence-electron chi connectivity index (χ2n) is 3.14. The van der Waals surface area contributed by atoms with Crippen molar-refractivity contribution in [3.05, 3.63) is 34.8 Å². The van der Waals surface area contributed by atoms with E-state index in [0.717, 1.165) is 11.5 Å². The molecular formula is C10H8N2O4S. The Labute approximate surface area is 100 Å². The third-order valence-corrected chi connectivity index (χ3v) is 2.70. The Kier molecular flexibility index (Phi) is 3.20. The van der Waals surface area contributed by atoms with Gasteiger partial charge in [-0.15, -0.1) is 5.10 Å². The Morgan fingerprint density at radius 3 is 3.00 bits per heavy atom. The Morgan fingerprint density at radius 1 is 1.47 bits per heavy atom. The van der Waals surface area contributed by atoms with Crippen molar-refractivity contribution in [2.75, 3.05) is 0 Å². The average molecular weight is 252 g/mol. The molecule has 0 unspecified atom stereocenters. The standard InChI is InChI=1S/C10H8N2O4S/c13-6-2-1-3-7(4-6)16-5-8-9(10(14)15)17-12-11-8/h1-4,13H,5H2,(H,14,15). The van der Waals surface area contributed by atoms with Gasteiger partial charge in [0.15, 0.2) is 4.88 Å². The summed E-state index contributed by atoms with van der Waals surface area (Å²) in [6, 6.07) is 6.22. The summed E-state index contributed by atoms with van der Waals surface area (Å²) in [5.74, 6) is -0.554. The number of carbonyl (C=O) groups is 1. The first kappa shape index (κ1) is 11.3. The van der Waals surface area contributed by atoms with Crippen molar-refractivity contribution in [2.24, 2.45) is 0 Å². The number of carboxylic acids is 1. The summed E-state index contributed by atoms with van der Waals surface area (Å²) in [7, 11) is 0. The van der Waals surface area contributed by atoms with E-state index >= 15 is 0 Å². The number of ether oxygens (including phenoxy) is 1. The number of nitrogens with zero attached hydrogens (tertiary/aromatic N) is 2. The quantitative estimate of drug-likeness (QED) is 0.857. The minimum absolute atomic E-state index is 0.00157. The molecule has 0 bridgehead atoms. The van der Waals surface area contributed by atoms with Crippen LogP contribution in [0.2, 0.25) is 0 Å². The van der Waals surface area contributed by atoms with Gasteiger partial charge in [0.2, 0.25) is 0 Å². The number of benzene rings is 1. The van der Waals surface area contributed by atoms with Crippen molar-refractivity contribution in [3.8, 4) is 11.5 Å². The fourth-order valence-electron chi connectivity index (χ4n) is 1.19. The number of hydrogen-bond acceptors (Lipinski definition) is 6. The normalized spacial score (nSPS) is 10.1. The van der Waals surface area contributed by atoms with E-state index in [1.807, 2.05) is 0 Å². The molecule has 17 heavy (non-hydrogen) atoms. The zero-order valence-electron chi connectivity index (χ0n) is 8.53. The molecule has 1 aromatic carbocycles. The van der Waals surface area contributed by atoms with Crippen molar-refractivity contribution in [1.82, 2.24) is 9.59 Å². The molecule has 6 nitrogen and oxygen atoms in total. The summed E-state index contributed by atoms with van der Waals surface area (Å²) in [6.45, 7) is 0.00157. The molecular weight excluding hydrogens is 244 g/mol. The molecule has 1 heterocycles. The van der Waals surface area contributed by atoms with E-state index < -0.39 is 5.97 Å². The third kappa shape index (κ3) is 2.70. The summed E-state index contributed by atoms with van der Waals surface area (Å²) >= 11 is 0.806. The number of aromatic carboxylic acids is 1. The lowest BCUT2D eigenvalue weighted by molar-refractivity contribution is 0.0699. The van der Waals surface area contributed by atoms with Crippen molar-refractivity contribution < 1.29 is 19.7 Å². The average Bonchev–Trinajstić information content (AvgIpc) is 2.74. The van der Waals surface area contributed by atoms with Crippen LogP contribution in [-0.2, 0) is 6.61 Å². The molecule has 0 saturated carbocycles. The number of aromatic nitrogens is 2. The van der Waals surface area contributed by atoms with Gasteiger partial charge in [0.05, 0.1) is 0 Å². The van der Waals surface area contributed by atoms with E-state index in [2.05, 4.69) is 9.59 Å². The number of phenolic OH excluding ortho intramolecular Hbond substituents is 1. The Morgan fingerprint density at radius 2 is 2.29 bits per heavy atom. The molecule has 7 heteroatoms. The van der Waals surface area contributed by atoms with E-state index in [0.29, 0.717) is 5.75 Å². The smallest absolute Gasteiger partial charge is 0.349 e. The van der Waals surface area contributed by atoms with Gasteiger partial charge in [0.1, 0.15) is 23.8 Å². The highest BCUT2D eigenvalue weighted by Crippen LogP contribution is 2.19. The molecule has 2 N–H and O–H groups in total. The molecule has 0 radical (unpaired) electrons. The van der Waals surface area contributed by atoms with Crippen LogP contribution >= 0.6 is 11.5 Å². The van der Waals surface area contributed by atoms with Gasteiger partial charge in [-0.25, -0.2) is 4.79 Å². The summed E-state index contributed by atoms with van der Waals surface area (Å²) in [5, 5.41) is 21.7. The molecule has 0 fully saturated rings. The van der Waals surface area contributed by atoms with Crippen molar-refractivity contribution in [2.45, 2.75) is 6.61 Å². The molecule has 0 saturated heterocycles. The van der Waals surface area contributed by atoms with Crippen LogP contribution in [0.15, 0.2) is 24.3 Å². The van der Waals surface area contributed by atoms with Gasteiger partial charge in [-0.3, -0.25) is 0 Å². The largest absolute Gasteiger partial charge is 0.508 e. The zero-order valence-corrected chi connectivity index (χ0v) is 9.35. The van der Waals surface area contributed by atoms with Gasteiger partial charge in [0.25, 0.3) is 0 Å². The third-order valence-electron chi connectivity index (χ3n) is 1.94. The zero-order chi connectivity index (χ0) is 12.3. The highest BCUT2D eigenvalue weighted by atomic mass is 32.1.